The largest absolute Gasteiger partial charge is 0.487 e. The molecule has 3 aromatic rings. The maximum absolute atomic E-state index is 11.4. The van der Waals surface area contributed by atoms with E-state index in [0.29, 0.717) is 29.1 Å². The van der Waals surface area contributed by atoms with E-state index in [1.54, 1.807) is 19.2 Å². The number of methoxy groups -OCH3 is 1. The molecule has 0 spiro atoms. The Bertz CT molecular complexity index is 1080. The van der Waals surface area contributed by atoms with Crippen molar-refractivity contribution in [1.82, 2.24) is 15.4 Å². The second kappa shape index (κ2) is 10.1. The molecule has 0 bridgehead atoms. The lowest BCUT2D eigenvalue weighted by atomic mass is 10.2. The number of ether oxygens (including phenoxy) is 3. The fourth-order valence-corrected chi connectivity index (χ4v) is 2.62. The SMILES string of the molecule is C#Cc1cccc(Nc2ncnc3cc(OCCOC)c(OCC(=O)NO)cc23)c1. The molecule has 0 atom stereocenters. The summed E-state index contributed by atoms with van der Waals surface area (Å²) in [6.07, 6.45) is 6.89. The average molecular weight is 408 g/mol. The molecule has 0 aliphatic rings. The summed E-state index contributed by atoms with van der Waals surface area (Å²) in [5.74, 6) is 3.07. The highest BCUT2D eigenvalue weighted by molar-refractivity contribution is 5.93. The van der Waals surface area contributed by atoms with Crippen LogP contribution in [0.2, 0.25) is 0 Å². The highest BCUT2D eigenvalue weighted by Crippen LogP contribution is 2.35. The smallest absolute Gasteiger partial charge is 0.281 e. The number of carbonyl (C=O) groups is 1. The second-order valence-corrected chi connectivity index (χ2v) is 6.05. The van der Waals surface area contributed by atoms with E-state index in [4.69, 9.17) is 25.8 Å². The van der Waals surface area contributed by atoms with Crippen molar-refractivity contribution in [1.29, 1.82) is 0 Å². The van der Waals surface area contributed by atoms with Crippen molar-refractivity contribution in [3.8, 4) is 23.8 Å². The molecular weight excluding hydrogens is 388 g/mol. The minimum atomic E-state index is -0.702. The molecule has 1 amide bonds. The van der Waals surface area contributed by atoms with Gasteiger partial charge in [-0.3, -0.25) is 10.0 Å². The quantitative estimate of drug-likeness (QED) is 0.214. The summed E-state index contributed by atoms with van der Waals surface area (Å²) in [7, 11) is 1.56. The summed E-state index contributed by atoms with van der Waals surface area (Å²) < 4.78 is 16.2. The molecule has 9 heteroatoms. The number of benzene rings is 2. The van der Waals surface area contributed by atoms with Crippen LogP contribution in [0.3, 0.4) is 0 Å². The average Bonchev–Trinajstić information content (AvgIpc) is 2.78. The Labute approximate surface area is 173 Å². The molecule has 0 saturated heterocycles. The molecule has 0 radical (unpaired) electrons. The molecule has 0 aliphatic heterocycles. The number of amides is 1. The van der Waals surface area contributed by atoms with Gasteiger partial charge in [-0.2, -0.15) is 0 Å². The Morgan fingerprint density at radius 2 is 2.00 bits per heavy atom. The summed E-state index contributed by atoms with van der Waals surface area (Å²) in [6, 6.07) is 10.7. The summed E-state index contributed by atoms with van der Waals surface area (Å²) in [5.41, 5.74) is 3.61. The molecule has 154 valence electrons. The standard InChI is InChI=1S/C21H20N4O5/c1-3-14-5-4-6-15(9-14)24-21-16-10-18(30-12-20(26)25-27)19(29-8-7-28-2)11-17(16)22-13-23-21/h1,4-6,9-11,13,27H,7-8,12H2,2H3,(H,25,26)(H,22,23,24). The Morgan fingerprint density at radius 1 is 1.17 bits per heavy atom. The molecule has 0 saturated carbocycles. The summed E-state index contributed by atoms with van der Waals surface area (Å²) in [4.78, 5) is 20.0. The van der Waals surface area contributed by atoms with Gasteiger partial charge in [0.15, 0.2) is 18.1 Å². The van der Waals surface area contributed by atoms with Gasteiger partial charge in [0.2, 0.25) is 0 Å². The van der Waals surface area contributed by atoms with Crippen LogP contribution in [0.1, 0.15) is 5.56 Å². The van der Waals surface area contributed by atoms with Crippen molar-refractivity contribution in [3.63, 3.8) is 0 Å². The van der Waals surface area contributed by atoms with Gasteiger partial charge in [0, 0.05) is 29.8 Å². The lowest BCUT2D eigenvalue weighted by Gasteiger charge is -2.15. The number of hydroxylamine groups is 1. The molecule has 30 heavy (non-hydrogen) atoms. The van der Waals surface area contributed by atoms with Crippen molar-refractivity contribution in [3.05, 3.63) is 48.3 Å². The second-order valence-electron chi connectivity index (χ2n) is 6.05. The molecular formula is C21H20N4O5. The topological polar surface area (TPSA) is 115 Å². The number of nitrogens with one attached hydrogen (secondary N) is 2. The van der Waals surface area contributed by atoms with Crippen LogP contribution < -0.4 is 20.3 Å². The van der Waals surface area contributed by atoms with Gasteiger partial charge >= 0.3 is 0 Å². The fraction of sp³-hybridized carbons (Fsp3) is 0.190. The van der Waals surface area contributed by atoms with Crippen LogP contribution >= 0.6 is 0 Å². The zero-order chi connectivity index (χ0) is 21.3. The minimum Gasteiger partial charge on any atom is -0.487 e. The van der Waals surface area contributed by atoms with Crippen LogP contribution in [0, 0.1) is 12.3 Å². The number of nitrogens with zero attached hydrogens (tertiary/aromatic N) is 2. The molecule has 0 unspecified atom stereocenters. The Hall–Kier alpha value is -3.87. The molecule has 1 heterocycles. The lowest BCUT2D eigenvalue weighted by Crippen LogP contribution is -2.25. The Balaban J connectivity index is 1.98. The number of rotatable bonds is 9. The van der Waals surface area contributed by atoms with Crippen LogP contribution in [-0.2, 0) is 9.53 Å². The summed E-state index contributed by atoms with van der Waals surface area (Å²) in [5, 5.41) is 12.6. The van der Waals surface area contributed by atoms with Gasteiger partial charge in [-0.05, 0) is 24.3 Å². The van der Waals surface area contributed by atoms with Crippen LogP contribution in [-0.4, -0.2) is 48.0 Å². The van der Waals surface area contributed by atoms with E-state index in [0.717, 1.165) is 11.3 Å². The molecule has 2 aromatic carbocycles. The number of hydrogen-bond acceptors (Lipinski definition) is 8. The van der Waals surface area contributed by atoms with Crippen LogP contribution in [0.25, 0.3) is 10.9 Å². The Kier molecular flexibility index (Phi) is 7.00. The first-order valence-corrected chi connectivity index (χ1v) is 8.94. The van der Waals surface area contributed by atoms with Gasteiger partial charge in [-0.15, -0.1) is 6.42 Å². The first-order valence-electron chi connectivity index (χ1n) is 8.94. The molecule has 9 nitrogen and oxygen atoms in total. The monoisotopic (exact) mass is 408 g/mol. The van der Waals surface area contributed by atoms with E-state index < -0.39 is 12.5 Å². The maximum Gasteiger partial charge on any atom is 0.281 e. The van der Waals surface area contributed by atoms with Crippen molar-refractivity contribution >= 4 is 28.3 Å². The summed E-state index contributed by atoms with van der Waals surface area (Å²) >= 11 is 0. The zero-order valence-electron chi connectivity index (χ0n) is 16.2. The normalized spacial score (nSPS) is 10.3. The van der Waals surface area contributed by atoms with Crippen LogP contribution in [0.5, 0.6) is 11.5 Å². The predicted octanol–water partition coefficient (Wildman–Crippen LogP) is 2.26. The predicted molar refractivity (Wildman–Crippen MR) is 110 cm³/mol. The van der Waals surface area contributed by atoms with Crippen molar-refractivity contribution in [2.45, 2.75) is 0 Å². The zero-order valence-corrected chi connectivity index (χ0v) is 16.2. The van der Waals surface area contributed by atoms with Gasteiger partial charge in [0.25, 0.3) is 5.91 Å². The van der Waals surface area contributed by atoms with Crippen molar-refractivity contribution < 1.29 is 24.2 Å². The van der Waals surface area contributed by atoms with Gasteiger partial charge in [0.05, 0.1) is 12.1 Å². The minimum absolute atomic E-state index is 0.277. The van der Waals surface area contributed by atoms with Gasteiger partial charge in [-0.1, -0.05) is 12.0 Å². The van der Waals surface area contributed by atoms with Crippen molar-refractivity contribution in [2.75, 3.05) is 32.2 Å². The molecule has 0 fully saturated rings. The maximum atomic E-state index is 11.4. The molecule has 1 aromatic heterocycles. The fourth-order valence-electron chi connectivity index (χ4n) is 2.62. The first-order chi connectivity index (χ1) is 14.6. The van der Waals surface area contributed by atoms with Crippen molar-refractivity contribution in [2.24, 2.45) is 0 Å². The third-order valence-electron chi connectivity index (χ3n) is 4.02. The van der Waals surface area contributed by atoms with Gasteiger partial charge < -0.3 is 19.5 Å². The number of terminal acetylenes is 1. The van der Waals surface area contributed by atoms with E-state index in [2.05, 4.69) is 21.2 Å². The van der Waals surface area contributed by atoms with E-state index in [-0.39, 0.29) is 12.4 Å². The third-order valence-corrected chi connectivity index (χ3v) is 4.02. The van der Waals surface area contributed by atoms with E-state index in [9.17, 15) is 4.79 Å². The Morgan fingerprint density at radius 3 is 2.77 bits per heavy atom. The third kappa shape index (κ3) is 5.14. The summed E-state index contributed by atoms with van der Waals surface area (Å²) in [6.45, 7) is 0.250. The first kappa shape index (κ1) is 20.9. The molecule has 0 aliphatic carbocycles. The van der Waals surface area contributed by atoms with Gasteiger partial charge in [0.1, 0.15) is 18.8 Å². The van der Waals surface area contributed by atoms with Crippen LogP contribution in [0.4, 0.5) is 11.5 Å². The number of aromatic nitrogens is 2. The number of anilines is 2. The lowest BCUT2D eigenvalue weighted by molar-refractivity contribution is -0.131. The highest BCUT2D eigenvalue weighted by Gasteiger charge is 2.14. The van der Waals surface area contributed by atoms with E-state index >= 15 is 0 Å². The highest BCUT2D eigenvalue weighted by atomic mass is 16.5. The number of hydrogen-bond donors (Lipinski definition) is 3. The van der Waals surface area contributed by atoms with Crippen LogP contribution in [0.15, 0.2) is 42.7 Å². The molecule has 3 rings (SSSR count). The molecule has 3 N–H and O–H groups in total. The van der Waals surface area contributed by atoms with E-state index in [1.165, 1.54) is 11.8 Å². The van der Waals surface area contributed by atoms with E-state index in [1.807, 2.05) is 24.3 Å². The number of fused-ring (bicyclic) bond motifs is 1. The number of carbonyl (C=O) groups excluding carboxylic acids is 1. The van der Waals surface area contributed by atoms with Gasteiger partial charge in [-0.25, -0.2) is 15.4 Å².